The monoisotopic (exact) mass is 584 g/mol. The van der Waals surface area contributed by atoms with Crippen LogP contribution in [0.25, 0.3) is 6.08 Å². The van der Waals surface area contributed by atoms with E-state index < -0.39 is 17.1 Å². The van der Waals surface area contributed by atoms with Gasteiger partial charge >= 0.3 is 0 Å². The van der Waals surface area contributed by atoms with Crippen molar-refractivity contribution in [3.63, 3.8) is 0 Å². The van der Waals surface area contributed by atoms with Crippen LogP contribution in [-0.4, -0.2) is 28.5 Å². The van der Waals surface area contributed by atoms with Crippen molar-refractivity contribution in [2.75, 3.05) is 11.9 Å². The summed E-state index contributed by atoms with van der Waals surface area (Å²) in [6, 6.07) is 18.4. The summed E-state index contributed by atoms with van der Waals surface area (Å²) in [5, 5.41) is 2.91. The third-order valence-electron chi connectivity index (χ3n) is 5.40. The molecule has 3 aromatic rings. The highest BCUT2D eigenvalue weighted by Gasteiger charge is 2.36. The fourth-order valence-corrected chi connectivity index (χ4v) is 4.90. The van der Waals surface area contributed by atoms with Crippen LogP contribution in [0.4, 0.5) is 10.5 Å². The molecule has 0 saturated carbocycles. The second kappa shape index (κ2) is 11.3. The molecule has 0 aromatic heterocycles. The van der Waals surface area contributed by atoms with Gasteiger partial charge in [-0.05, 0) is 79.2 Å². The van der Waals surface area contributed by atoms with Crippen molar-refractivity contribution in [2.45, 2.75) is 20.5 Å². The second-order valence-corrected chi connectivity index (χ2v) is 10.6. The van der Waals surface area contributed by atoms with Gasteiger partial charge in [0.05, 0.1) is 4.91 Å². The highest BCUT2D eigenvalue weighted by atomic mass is 79.9. The SMILES string of the molecule is Cc1ccc(NC(=O)CN2C(=O)S/C(=C/c3cc(Br)ccc3OCc3ccc(Cl)cc3)C2=O)c(C)c1. The molecular formula is C27H22BrClN2O4S. The van der Waals surface area contributed by atoms with Crippen molar-refractivity contribution in [2.24, 2.45) is 0 Å². The molecule has 6 nitrogen and oxygen atoms in total. The van der Waals surface area contributed by atoms with E-state index >= 15 is 0 Å². The van der Waals surface area contributed by atoms with E-state index in [1.807, 2.05) is 44.2 Å². The molecule has 0 radical (unpaired) electrons. The summed E-state index contributed by atoms with van der Waals surface area (Å²) in [7, 11) is 0. The minimum Gasteiger partial charge on any atom is -0.488 e. The maximum Gasteiger partial charge on any atom is 0.294 e. The van der Waals surface area contributed by atoms with Crippen LogP contribution in [0.5, 0.6) is 5.75 Å². The number of imide groups is 1. The quantitative estimate of drug-likeness (QED) is 0.303. The predicted octanol–water partition coefficient (Wildman–Crippen LogP) is 6.97. The molecular weight excluding hydrogens is 564 g/mol. The summed E-state index contributed by atoms with van der Waals surface area (Å²) in [4.78, 5) is 39.3. The number of carbonyl (C=O) groups excluding carboxylic acids is 3. The van der Waals surface area contributed by atoms with E-state index in [0.717, 1.165) is 37.8 Å². The maximum absolute atomic E-state index is 13.0. The minimum absolute atomic E-state index is 0.216. The summed E-state index contributed by atoms with van der Waals surface area (Å²) in [5.41, 5.74) is 4.18. The number of nitrogens with one attached hydrogen (secondary N) is 1. The predicted molar refractivity (Wildman–Crippen MR) is 147 cm³/mol. The summed E-state index contributed by atoms with van der Waals surface area (Å²) in [6.45, 7) is 3.79. The molecule has 0 unspecified atom stereocenters. The average molecular weight is 586 g/mol. The summed E-state index contributed by atoms with van der Waals surface area (Å²) in [5.74, 6) is -0.420. The largest absolute Gasteiger partial charge is 0.488 e. The first-order chi connectivity index (χ1) is 17.2. The van der Waals surface area contributed by atoms with Gasteiger partial charge in [-0.25, -0.2) is 0 Å². The number of anilines is 1. The molecule has 1 aliphatic rings. The Kier molecular flexibility index (Phi) is 8.18. The standard InChI is InChI=1S/C27H22BrClN2O4S/c1-16-3-9-22(17(2)11-16)30-25(32)14-31-26(33)24(36-27(31)34)13-19-12-20(28)6-10-23(19)35-15-18-4-7-21(29)8-5-18/h3-13H,14-15H2,1-2H3,(H,30,32)/b24-13+. The Hall–Kier alpha value is -3.07. The van der Waals surface area contributed by atoms with E-state index in [2.05, 4.69) is 21.2 Å². The number of nitrogens with zero attached hydrogens (tertiary/aromatic N) is 1. The Morgan fingerprint density at radius 1 is 1.08 bits per heavy atom. The highest BCUT2D eigenvalue weighted by Crippen LogP contribution is 2.35. The molecule has 0 aliphatic carbocycles. The first kappa shape index (κ1) is 26.0. The zero-order valence-corrected chi connectivity index (χ0v) is 22.7. The van der Waals surface area contributed by atoms with Crippen LogP contribution in [0.3, 0.4) is 0 Å². The molecule has 3 amide bonds. The third kappa shape index (κ3) is 6.37. The molecule has 1 heterocycles. The zero-order valence-electron chi connectivity index (χ0n) is 19.5. The van der Waals surface area contributed by atoms with Crippen LogP contribution in [-0.2, 0) is 16.2 Å². The van der Waals surface area contributed by atoms with Crippen molar-refractivity contribution >= 4 is 68.1 Å². The number of hydrogen-bond donors (Lipinski definition) is 1. The number of hydrogen-bond acceptors (Lipinski definition) is 5. The number of ether oxygens (including phenoxy) is 1. The lowest BCUT2D eigenvalue weighted by molar-refractivity contribution is -0.127. The molecule has 1 N–H and O–H groups in total. The smallest absolute Gasteiger partial charge is 0.294 e. The Labute approximate surface area is 226 Å². The van der Waals surface area contributed by atoms with Crippen molar-refractivity contribution in [3.05, 3.63) is 97.3 Å². The van der Waals surface area contributed by atoms with Gasteiger partial charge in [-0.2, -0.15) is 0 Å². The van der Waals surface area contributed by atoms with Crippen LogP contribution in [0, 0.1) is 13.8 Å². The fourth-order valence-electron chi connectivity index (χ4n) is 3.57. The van der Waals surface area contributed by atoms with Crippen molar-refractivity contribution in [3.8, 4) is 5.75 Å². The van der Waals surface area contributed by atoms with Crippen LogP contribution in [0.2, 0.25) is 5.02 Å². The van der Waals surface area contributed by atoms with E-state index in [0.29, 0.717) is 28.6 Å². The lowest BCUT2D eigenvalue weighted by atomic mass is 10.1. The van der Waals surface area contributed by atoms with Gasteiger partial charge in [-0.1, -0.05) is 57.4 Å². The molecule has 9 heteroatoms. The van der Waals surface area contributed by atoms with E-state index in [9.17, 15) is 14.4 Å². The van der Waals surface area contributed by atoms with Crippen molar-refractivity contribution < 1.29 is 19.1 Å². The molecule has 1 saturated heterocycles. The van der Waals surface area contributed by atoms with E-state index in [1.54, 1.807) is 36.4 Å². The van der Waals surface area contributed by atoms with Gasteiger partial charge in [0.2, 0.25) is 5.91 Å². The highest BCUT2D eigenvalue weighted by molar-refractivity contribution is 9.10. The number of amides is 3. The number of carbonyl (C=O) groups is 3. The number of halogens is 2. The molecule has 1 fully saturated rings. The van der Waals surface area contributed by atoms with Gasteiger partial charge in [0.25, 0.3) is 11.1 Å². The topological polar surface area (TPSA) is 75.7 Å². The summed E-state index contributed by atoms with van der Waals surface area (Å²) in [6.07, 6.45) is 1.61. The molecule has 0 bridgehead atoms. The molecule has 0 atom stereocenters. The Morgan fingerprint density at radius 3 is 2.56 bits per heavy atom. The minimum atomic E-state index is -0.524. The van der Waals surface area contributed by atoms with Crippen LogP contribution in [0.15, 0.2) is 70.0 Å². The van der Waals surface area contributed by atoms with Gasteiger partial charge in [-0.15, -0.1) is 0 Å². The summed E-state index contributed by atoms with van der Waals surface area (Å²) >= 11 is 10.2. The van der Waals surface area contributed by atoms with Gasteiger partial charge < -0.3 is 10.1 Å². The first-order valence-corrected chi connectivity index (χ1v) is 13.0. The number of rotatable bonds is 7. The Balaban J connectivity index is 1.48. The lowest BCUT2D eigenvalue weighted by Gasteiger charge is -2.14. The van der Waals surface area contributed by atoms with E-state index in [1.165, 1.54) is 0 Å². The number of benzene rings is 3. The first-order valence-electron chi connectivity index (χ1n) is 11.0. The van der Waals surface area contributed by atoms with Crippen LogP contribution < -0.4 is 10.1 Å². The summed E-state index contributed by atoms with van der Waals surface area (Å²) < 4.78 is 6.77. The maximum atomic E-state index is 13.0. The van der Waals surface area contributed by atoms with E-state index in [-0.39, 0.29) is 11.4 Å². The van der Waals surface area contributed by atoms with Gasteiger partial charge in [0.1, 0.15) is 18.9 Å². The lowest BCUT2D eigenvalue weighted by Crippen LogP contribution is -2.36. The van der Waals surface area contributed by atoms with Gasteiger partial charge in [-0.3, -0.25) is 19.3 Å². The molecule has 0 spiro atoms. The molecule has 184 valence electrons. The number of aryl methyl sites for hydroxylation is 2. The second-order valence-electron chi connectivity index (χ2n) is 8.23. The average Bonchev–Trinajstić information content (AvgIpc) is 3.09. The molecule has 1 aliphatic heterocycles. The normalized spacial score (nSPS) is 14.4. The van der Waals surface area contributed by atoms with Crippen molar-refractivity contribution in [1.82, 2.24) is 4.90 Å². The Morgan fingerprint density at radius 2 is 1.83 bits per heavy atom. The zero-order chi connectivity index (χ0) is 25.8. The third-order valence-corrected chi connectivity index (χ3v) is 7.05. The number of thioether (sulfide) groups is 1. The van der Waals surface area contributed by atoms with Crippen LogP contribution in [0.1, 0.15) is 22.3 Å². The van der Waals surface area contributed by atoms with Gasteiger partial charge in [0, 0.05) is 20.7 Å². The molecule has 36 heavy (non-hydrogen) atoms. The van der Waals surface area contributed by atoms with E-state index in [4.69, 9.17) is 16.3 Å². The fraction of sp³-hybridized carbons (Fsp3) is 0.148. The Bertz CT molecular complexity index is 1370. The van der Waals surface area contributed by atoms with Crippen molar-refractivity contribution in [1.29, 1.82) is 0 Å². The molecule has 3 aromatic carbocycles. The van der Waals surface area contributed by atoms with Crippen LogP contribution >= 0.6 is 39.3 Å². The van der Waals surface area contributed by atoms with Gasteiger partial charge in [0.15, 0.2) is 0 Å². The molecule has 4 rings (SSSR count).